The summed E-state index contributed by atoms with van der Waals surface area (Å²) in [6.45, 7) is 13.1. The van der Waals surface area contributed by atoms with Crippen molar-refractivity contribution in [3.05, 3.63) is 54.6 Å². The van der Waals surface area contributed by atoms with E-state index in [2.05, 4.69) is 11.9 Å². The van der Waals surface area contributed by atoms with Gasteiger partial charge in [0.1, 0.15) is 5.60 Å². The molecule has 0 aliphatic heterocycles. The van der Waals surface area contributed by atoms with E-state index in [4.69, 9.17) is 4.74 Å². The Labute approximate surface area is 151 Å². The number of Topliss-reactive ketones (excluding diaryl/α,β-unsaturated/α-hetero) is 1. The molecular formula is C21H29NO3. The molecule has 1 unspecified atom stereocenters. The van der Waals surface area contributed by atoms with Crippen molar-refractivity contribution in [3.8, 4) is 0 Å². The van der Waals surface area contributed by atoms with Crippen molar-refractivity contribution in [2.45, 2.75) is 52.7 Å². The Bertz CT molecular complexity index is 624. The second-order valence-corrected chi connectivity index (χ2v) is 7.28. The molecule has 1 N–H and O–H groups in total. The van der Waals surface area contributed by atoms with Gasteiger partial charge in [0.15, 0.2) is 5.78 Å². The number of alkyl carbamates (subject to hydrolysis) is 1. The van der Waals surface area contributed by atoms with E-state index in [1.54, 1.807) is 6.08 Å². The van der Waals surface area contributed by atoms with Gasteiger partial charge in [0.05, 0.1) is 6.04 Å². The summed E-state index contributed by atoms with van der Waals surface area (Å²) < 4.78 is 5.33. The smallest absolute Gasteiger partial charge is 0.408 e. The first kappa shape index (κ1) is 20.7. The van der Waals surface area contributed by atoms with E-state index >= 15 is 0 Å². The highest BCUT2D eigenvalue weighted by molar-refractivity contribution is 6.21. The minimum Gasteiger partial charge on any atom is -0.444 e. The Hall–Kier alpha value is -2.36. The molecule has 1 aromatic carbocycles. The fraction of sp³-hybridized carbons (Fsp3) is 0.429. The van der Waals surface area contributed by atoms with E-state index in [0.29, 0.717) is 5.57 Å². The van der Waals surface area contributed by atoms with Gasteiger partial charge in [0.2, 0.25) is 0 Å². The van der Waals surface area contributed by atoms with Crippen LogP contribution in [0.3, 0.4) is 0 Å². The van der Waals surface area contributed by atoms with Crippen LogP contribution in [-0.2, 0) is 9.53 Å². The highest BCUT2D eigenvalue weighted by Gasteiger charge is 2.22. The third-order valence-corrected chi connectivity index (χ3v) is 3.46. The van der Waals surface area contributed by atoms with E-state index < -0.39 is 11.7 Å². The second-order valence-electron chi connectivity index (χ2n) is 7.28. The number of hydrogen-bond acceptors (Lipinski definition) is 3. The number of nitrogens with one attached hydrogen (secondary N) is 1. The number of carbonyl (C=O) groups excluding carboxylic acids is 2. The first-order chi connectivity index (χ1) is 11.6. The van der Waals surface area contributed by atoms with Crippen LogP contribution in [0.1, 0.15) is 46.6 Å². The number of carbonyl (C=O) groups is 2. The van der Waals surface area contributed by atoms with Crippen molar-refractivity contribution in [2.24, 2.45) is 5.92 Å². The maximum atomic E-state index is 12.5. The zero-order valence-corrected chi connectivity index (χ0v) is 15.8. The molecule has 0 aliphatic carbocycles. The van der Waals surface area contributed by atoms with Crippen molar-refractivity contribution in [1.29, 1.82) is 0 Å². The van der Waals surface area contributed by atoms with E-state index in [-0.39, 0.29) is 24.2 Å². The Morgan fingerprint density at radius 1 is 1.20 bits per heavy atom. The van der Waals surface area contributed by atoms with Crippen LogP contribution in [0.5, 0.6) is 0 Å². The van der Waals surface area contributed by atoms with Gasteiger partial charge in [-0.3, -0.25) is 4.79 Å². The monoisotopic (exact) mass is 343 g/mol. The molecule has 0 heterocycles. The lowest BCUT2D eigenvalue weighted by Gasteiger charge is -2.24. The Kier molecular flexibility index (Phi) is 7.62. The third-order valence-electron chi connectivity index (χ3n) is 3.46. The summed E-state index contributed by atoms with van der Waals surface area (Å²) in [5, 5.41) is 2.85. The molecule has 0 radical (unpaired) electrons. The quantitative estimate of drug-likeness (QED) is 0.573. The van der Waals surface area contributed by atoms with Crippen LogP contribution in [0.2, 0.25) is 0 Å². The molecule has 136 valence electrons. The predicted molar refractivity (Wildman–Crippen MR) is 102 cm³/mol. The fourth-order valence-corrected chi connectivity index (χ4v) is 2.23. The van der Waals surface area contributed by atoms with Gasteiger partial charge in [-0.2, -0.15) is 0 Å². The molecule has 0 saturated carbocycles. The average molecular weight is 343 g/mol. The Balaban J connectivity index is 3.14. The molecule has 4 heteroatoms. The summed E-state index contributed by atoms with van der Waals surface area (Å²) in [4.78, 5) is 24.7. The lowest BCUT2D eigenvalue weighted by molar-refractivity contribution is -0.113. The van der Waals surface area contributed by atoms with E-state index in [0.717, 1.165) is 5.56 Å². The molecule has 25 heavy (non-hydrogen) atoms. The SMILES string of the molecule is C=CCC(=O)C(=CC(NC(=O)OC(C)(C)C)C(C)C)c1ccccc1. The highest BCUT2D eigenvalue weighted by atomic mass is 16.6. The van der Waals surface area contributed by atoms with Gasteiger partial charge < -0.3 is 10.1 Å². The van der Waals surface area contributed by atoms with Gasteiger partial charge in [-0.25, -0.2) is 4.79 Å². The Morgan fingerprint density at radius 3 is 2.28 bits per heavy atom. The molecule has 1 rings (SSSR count). The number of ether oxygens (including phenoxy) is 1. The molecule has 0 bridgehead atoms. The lowest BCUT2D eigenvalue weighted by Crippen LogP contribution is -2.41. The number of benzene rings is 1. The maximum absolute atomic E-state index is 12.5. The standard InChI is InChI=1S/C21H29NO3/c1-7-11-19(23)17(16-12-9-8-10-13-16)14-18(15(2)3)22-20(24)25-21(4,5)6/h7-10,12-15,18H,1,11H2,2-6H3,(H,22,24). The summed E-state index contributed by atoms with van der Waals surface area (Å²) in [6, 6.07) is 9.12. The molecule has 1 atom stereocenters. The van der Waals surface area contributed by atoms with Crippen LogP contribution in [0.4, 0.5) is 4.79 Å². The molecule has 0 fully saturated rings. The Morgan fingerprint density at radius 2 is 1.80 bits per heavy atom. The molecular weight excluding hydrogens is 314 g/mol. The van der Waals surface area contributed by atoms with Crippen LogP contribution < -0.4 is 5.32 Å². The molecule has 0 spiro atoms. The zero-order chi connectivity index (χ0) is 19.0. The number of allylic oxidation sites excluding steroid dienone is 2. The van der Waals surface area contributed by atoms with Crippen molar-refractivity contribution in [2.75, 3.05) is 0 Å². The number of ketones is 1. The number of hydrogen-bond donors (Lipinski definition) is 1. The normalized spacial score (nSPS) is 13.3. The average Bonchev–Trinajstić information content (AvgIpc) is 2.50. The van der Waals surface area contributed by atoms with Crippen molar-refractivity contribution >= 4 is 17.4 Å². The van der Waals surface area contributed by atoms with Crippen LogP contribution in [-0.4, -0.2) is 23.5 Å². The summed E-state index contributed by atoms with van der Waals surface area (Å²) in [7, 11) is 0. The summed E-state index contributed by atoms with van der Waals surface area (Å²) in [6.07, 6.45) is 3.16. The van der Waals surface area contributed by atoms with Gasteiger partial charge in [-0.05, 0) is 32.3 Å². The largest absolute Gasteiger partial charge is 0.444 e. The van der Waals surface area contributed by atoms with Crippen molar-refractivity contribution in [1.82, 2.24) is 5.32 Å². The molecule has 0 saturated heterocycles. The molecule has 4 nitrogen and oxygen atoms in total. The fourth-order valence-electron chi connectivity index (χ4n) is 2.23. The van der Waals surface area contributed by atoms with Crippen LogP contribution in [0, 0.1) is 5.92 Å². The van der Waals surface area contributed by atoms with Crippen molar-refractivity contribution in [3.63, 3.8) is 0 Å². The molecule has 0 aromatic heterocycles. The molecule has 1 aromatic rings. The van der Waals surface area contributed by atoms with Gasteiger partial charge in [0.25, 0.3) is 0 Å². The first-order valence-corrected chi connectivity index (χ1v) is 8.55. The molecule has 0 aliphatic rings. The number of rotatable bonds is 7. The van der Waals surface area contributed by atoms with Crippen LogP contribution in [0.15, 0.2) is 49.1 Å². The maximum Gasteiger partial charge on any atom is 0.408 e. The van der Waals surface area contributed by atoms with Crippen LogP contribution in [0.25, 0.3) is 5.57 Å². The van der Waals surface area contributed by atoms with Gasteiger partial charge in [-0.15, -0.1) is 6.58 Å². The zero-order valence-electron chi connectivity index (χ0n) is 15.8. The van der Waals surface area contributed by atoms with E-state index in [1.807, 2.05) is 71.0 Å². The van der Waals surface area contributed by atoms with Crippen molar-refractivity contribution < 1.29 is 14.3 Å². The minimum absolute atomic E-state index is 0.0298. The second kappa shape index (κ2) is 9.21. The topological polar surface area (TPSA) is 55.4 Å². The summed E-state index contributed by atoms with van der Waals surface area (Å²) >= 11 is 0. The minimum atomic E-state index is -0.573. The summed E-state index contributed by atoms with van der Waals surface area (Å²) in [5.41, 5.74) is 0.831. The highest BCUT2D eigenvalue weighted by Crippen LogP contribution is 2.20. The third kappa shape index (κ3) is 7.38. The van der Waals surface area contributed by atoms with Gasteiger partial charge >= 0.3 is 6.09 Å². The van der Waals surface area contributed by atoms with Gasteiger partial charge in [-0.1, -0.05) is 56.3 Å². The van der Waals surface area contributed by atoms with Gasteiger partial charge in [0, 0.05) is 12.0 Å². The lowest BCUT2D eigenvalue weighted by atomic mass is 9.94. The molecule has 1 amide bonds. The van der Waals surface area contributed by atoms with E-state index in [1.165, 1.54) is 0 Å². The van der Waals surface area contributed by atoms with Crippen LogP contribution >= 0.6 is 0 Å². The predicted octanol–water partition coefficient (Wildman–Crippen LogP) is 4.76. The number of amides is 1. The van der Waals surface area contributed by atoms with E-state index in [9.17, 15) is 9.59 Å². The first-order valence-electron chi connectivity index (χ1n) is 8.55. The summed E-state index contributed by atoms with van der Waals surface area (Å²) in [5.74, 6) is 0.0700.